The number of nitrogens with zero attached hydrogens (tertiary/aromatic N) is 2. The van der Waals surface area contributed by atoms with E-state index in [2.05, 4.69) is 20.8 Å². The molecule has 98 valence electrons. The summed E-state index contributed by atoms with van der Waals surface area (Å²) >= 11 is 3.54. The molecule has 1 aliphatic rings. The average Bonchev–Trinajstić information content (AvgIpc) is 2.34. The van der Waals surface area contributed by atoms with Crippen LogP contribution >= 0.6 is 15.9 Å². The number of halogens is 1. The zero-order chi connectivity index (χ0) is 13.1. The lowest BCUT2D eigenvalue weighted by Crippen LogP contribution is -2.47. The summed E-state index contributed by atoms with van der Waals surface area (Å²) in [5.41, 5.74) is 7.94. The van der Waals surface area contributed by atoms with Gasteiger partial charge in [-0.05, 0) is 12.1 Å². The molecule has 0 spiro atoms. The number of carbonyl (C=O) groups is 1. The van der Waals surface area contributed by atoms with Gasteiger partial charge in [-0.2, -0.15) is 0 Å². The zero-order valence-corrected chi connectivity index (χ0v) is 12.1. The summed E-state index contributed by atoms with van der Waals surface area (Å²) in [6.45, 7) is 5.88. The molecule has 4 nitrogen and oxygen atoms in total. The van der Waals surface area contributed by atoms with Crippen LogP contribution < -0.4 is 5.73 Å². The second-order valence-electron chi connectivity index (χ2n) is 4.59. The zero-order valence-electron chi connectivity index (χ0n) is 10.5. The molecule has 5 heteroatoms. The molecule has 0 aromatic heterocycles. The molecule has 0 saturated carbocycles. The number of carbonyl (C=O) groups excluding carboxylic acids is 1. The van der Waals surface area contributed by atoms with Crippen LogP contribution in [0.2, 0.25) is 0 Å². The summed E-state index contributed by atoms with van der Waals surface area (Å²) in [5.74, 6) is 0.162. The van der Waals surface area contributed by atoms with Gasteiger partial charge < -0.3 is 10.6 Å². The molecule has 1 heterocycles. The molecular weight excluding hydrogens is 294 g/mol. The number of nitrogen functional groups attached to an aromatic ring is 1. The van der Waals surface area contributed by atoms with E-state index in [1.807, 2.05) is 23.1 Å². The van der Waals surface area contributed by atoms with Gasteiger partial charge in [0.25, 0.3) is 0 Å². The standard InChI is InChI=1S/C13H18BrN3O/c1-10(18)17-7-5-16(6-8-17)9-11-12(14)3-2-4-13(11)15/h2-4H,5-9,15H2,1H3. The Morgan fingerprint density at radius 3 is 2.56 bits per heavy atom. The Labute approximate surface area is 116 Å². The van der Waals surface area contributed by atoms with Crippen LogP contribution in [-0.4, -0.2) is 41.9 Å². The Hall–Kier alpha value is -1.07. The van der Waals surface area contributed by atoms with Crippen LogP contribution in [0.1, 0.15) is 12.5 Å². The maximum absolute atomic E-state index is 11.3. The van der Waals surface area contributed by atoms with Gasteiger partial charge in [0.2, 0.25) is 5.91 Å². The Morgan fingerprint density at radius 2 is 2.00 bits per heavy atom. The first-order chi connectivity index (χ1) is 8.58. The summed E-state index contributed by atoms with van der Waals surface area (Å²) < 4.78 is 1.05. The largest absolute Gasteiger partial charge is 0.398 e. The van der Waals surface area contributed by atoms with Crippen molar-refractivity contribution in [2.45, 2.75) is 13.5 Å². The van der Waals surface area contributed by atoms with Crippen molar-refractivity contribution in [1.82, 2.24) is 9.80 Å². The number of piperazine rings is 1. The van der Waals surface area contributed by atoms with E-state index < -0.39 is 0 Å². The molecule has 2 N–H and O–H groups in total. The maximum atomic E-state index is 11.3. The van der Waals surface area contributed by atoms with Gasteiger partial charge in [0.05, 0.1) is 0 Å². The third-order valence-electron chi connectivity index (χ3n) is 3.35. The molecule has 0 bridgehead atoms. The van der Waals surface area contributed by atoms with Crippen molar-refractivity contribution < 1.29 is 4.79 Å². The maximum Gasteiger partial charge on any atom is 0.219 e. The third kappa shape index (κ3) is 3.03. The molecule has 1 amide bonds. The lowest BCUT2D eigenvalue weighted by atomic mass is 10.1. The summed E-state index contributed by atoms with van der Waals surface area (Å²) in [7, 11) is 0. The highest BCUT2D eigenvalue weighted by molar-refractivity contribution is 9.10. The number of hydrogen-bond acceptors (Lipinski definition) is 3. The summed E-state index contributed by atoms with van der Waals surface area (Å²) in [5, 5.41) is 0. The van der Waals surface area contributed by atoms with Crippen molar-refractivity contribution in [3.8, 4) is 0 Å². The second kappa shape index (κ2) is 5.71. The van der Waals surface area contributed by atoms with Crippen LogP contribution in [0.4, 0.5) is 5.69 Å². The minimum Gasteiger partial charge on any atom is -0.398 e. The van der Waals surface area contributed by atoms with Crippen LogP contribution in [0.15, 0.2) is 22.7 Å². The van der Waals surface area contributed by atoms with Gasteiger partial charge in [0.1, 0.15) is 0 Å². The van der Waals surface area contributed by atoms with Gasteiger partial charge in [-0.1, -0.05) is 22.0 Å². The molecule has 1 aromatic rings. The first-order valence-electron chi connectivity index (χ1n) is 6.08. The van der Waals surface area contributed by atoms with Gasteiger partial charge in [-0.3, -0.25) is 9.69 Å². The number of benzene rings is 1. The number of nitrogens with two attached hydrogens (primary N) is 1. The Kier molecular flexibility index (Phi) is 4.24. The van der Waals surface area contributed by atoms with Crippen molar-refractivity contribution in [1.29, 1.82) is 0 Å². The number of amides is 1. The van der Waals surface area contributed by atoms with E-state index in [0.29, 0.717) is 0 Å². The second-order valence-corrected chi connectivity index (χ2v) is 5.44. The molecule has 0 unspecified atom stereocenters. The molecule has 1 fully saturated rings. The summed E-state index contributed by atoms with van der Waals surface area (Å²) in [6, 6.07) is 5.88. The Morgan fingerprint density at radius 1 is 1.33 bits per heavy atom. The van der Waals surface area contributed by atoms with Crippen molar-refractivity contribution in [2.75, 3.05) is 31.9 Å². The fraction of sp³-hybridized carbons (Fsp3) is 0.462. The van der Waals surface area contributed by atoms with E-state index in [9.17, 15) is 4.79 Å². The van der Waals surface area contributed by atoms with Crippen LogP contribution in [0.3, 0.4) is 0 Å². The first-order valence-corrected chi connectivity index (χ1v) is 6.88. The van der Waals surface area contributed by atoms with E-state index in [1.165, 1.54) is 0 Å². The molecule has 0 radical (unpaired) electrons. The molecule has 0 atom stereocenters. The predicted molar refractivity (Wildman–Crippen MR) is 76.1 cm³/mol. The fourth-order valence-corrected chi connectivity index (χ4v) is 2.69. The van der Waals surface area contributed by atoms with E-state index in [0.717, 1.165) is 48.4 Å². The number of rotatable bonds is 2. The molecule has 2 rings (SSSR count). The van der Waals surface area contributed by atoms with Crippen molar-refractivity contribution in [3.63, 3.8) is 0 Å². The molecule has 18 heavy (non-hydrogen) atoms. The van der Waals surface area contributed by atoms with Crippen LogP contribution in [0.5, 0.6) is 0 Å². The van der Waals surface area contributed by atoms with E-state index in [1.54, 1.807) is 6.92 Å². The topological polar surface area (TPSA) is 49.6 Å². The van der Waals surface area contributed by atoms with Crippen molar-refractivity contribution in [2.24, 2.45) is 0 Å². The third-order valence-corrected chi connectivity index (χ3v) is 4.10. The van der Waals surface area contributed by atoms with Crippen LogP contribution in [-0.2, 0) is 11.3 Å². The lowest BCUT2D eigenvalue weighted by molar-refractivity contribution is -0.130. The van der Waals surface area contributed by atoms with Gasteiger partial charge in [0, 0.05) is 55.4 Å². The number of anilines is 1. The molecule has 1 saturated heterocycles. The minimum absolute atomic E-state index is 0.162. The Bertz CT molecular complexity index is 422. The highest BCUT2D eigenvalue weighted by Gasteiger charge is 2.19. The van der Waals surface area contributed by atoms with E-state index in [-0.39, 0.29) is 5.91 Å². The predicted octanol–water partition coefficient (Wildman–Crippen LogP) is 1.70. The van der Waals surface area contributed by atoms with Crippen LogP contribution in [0.25, 0.3) is 0 Å². The highest BCUT2D eigenvalue weighted by Crippen LogP contribution is 2.24. The fourth-order valence-electron chi connectivity index (χ4n) is 2.19. The van der Waals surface area contributed by atoms with Crippen molar-refractivity contribution >= 4 is 27.5 Å². The Balaban J connectivity index is 1.98. The summed E-state index contributed by atoms with van der Waals surface area (Å²) in [4.78, 5) is 15.5. The molecule has 1 aliphatic heterocycles. The minimum atomic E-state index is 0.162. The molecular formula is C13H18BrN3O. The van der Waals surface area contributed by atoms with Gasteiger partial charge in [-0.15, -0.1) is 0 Å². The van der Waals surface area contributed by atoms with Crippen molar-refractivity contribution in [3.05, 3.63) is 28.2 Å². The van der Waals surface area contributed by atoms with Gasteiger partial charge >= 0.3 is 0 Å². The van der Waals surface area contributed by atoms with Gasteiger partial charge in [-0.25, -0.2) is 0 Å². The SMILES string of the molecule is CC(=O)N1CCN(Cc2c(N)cccc2Br)CC1. The monoisotopic (exact) mass is 311 g/mol. The molecule has 0 aliphatic carbocycles. The lowest BCUT2D eigenvalue weighted by Gasteiger charge is -2.34. The average molecular weight is 312 g/mol. The normalized spacial score (nSPS) is 16.9. The van der Waals surface area contributed by atoms with Gasteiger partial charge in [0.15, 0.2) is 0 Å². The quantitative estimate of drug-likeness (QED) is 0.846. The smallest absolute Gasteiger partial charge is 0.219 e. The van der Waals surface area contributed by atoms with Crippen LogP contribution in [0, 0.1) is 0 Å². The first kappa shape index (κ1) is 13.4. The molecule has 1 aromatic carbocycles. The number of hydrogen-bond donors (Lipinski definition) is 1. The van der Waals surface area contributed by atoms with E-state index >= 15 is 0 Å². The highest BCUT2D eigenvalue weighted by atomic mass is 79.9. The summed E-state index contributed by atoms with van der Waals surface area (Å²) in [6.07, 6.45) is 0. The van der Waals surface area contributed by atoms with E-state index in [4.69, 9.17) is 5.73 Å².